The molecule has 0 aliphatic carbocycles. The van der Waals surface area contributed by atoms with Gasteiger partial charge in [0.15, 0.2) is 0 Å². The van der Waals surface area contributed by atoms with E-state index in [1.807, 2.05) is 6.07 Å². The van der Waals surface area contributed by atoms with Gasteiger partial charge in [-0.3, -0.25) is 4.79 Å². The van der Waals surface area contributed by atoms with Crippen LogP contribution in [0.4, 0.5) is 5.95 Å². The topological polar surface area (TPSA) is 52.6 Å². The first kappa shape index (κ1) is 17.1. The molecule has 0 unspecified atom stereocenters. The summed E-state index contributed by atoms with van der Waals surface area (Å²) in [6.45, 7) is 5.66. The molecule has 0 aromatic carbocycles. The van der Waals surface area contributed by atoms with Crippen LogP contribution in [0.3, 0.4) is 0 Å². The van der Waals surface area contributed by atoms with Crippen molar-refractivity contribution in [3.8, 4) is 0 Å². The third-order valence-corrected chi connectivity index (χ3v) is 5.51. The Morgan fingerprint density at radius 1 is 1.25 bits per heavy atom. The second-order valence-corrected chi connectivity index (χ2v) is 7.28. The molecule has 6 heteroatoms. The van der Waals surface area contributed by atoms with Gasteiger partial charge in [-0.1, -0.05) is 13.3 Å². The largest absolute Gasteiger partial charge is 0.340 e. The van der Waals surface area contributed by atoms with Crippen LogP contribution in [-0.4, -0.2) is 72.0 Å². The van der Waals surface area contributed by atoms with Gasteiger partial charge in [-0.05, 0) is 38.9 Å². The Balaban J connectivity index is 1.65. The molecule has 0 saturated carbocycles. The Labute approximate surface area is 144 Å². The van der Waals surface area contributed by atoms with E-state index < -0.39 is 0 Å². The van der Waals surface area contributed by atoms with Gasteiger partial charge in [-0.2, -0.15) is 0 Å². The minimum absolute atomic E-state index is 0.0703. The summed E-state index contributed by atoms with van der Waals surface area (Å²) in [5.74, 6) is 1.72. The molecule has 2 fully saturated rings. The third kappa shape index (κ3) is 3.53. The molecule has 1 aromatic heterocycles. The SMILES string of the molecule is CC[C@@H]1CN(C(=O)[C@@H]2CCCN(c3ncccn3)C2)C[C@@H]1N(C)C. The second-order valence-electron chi connectivity index (χ2n) is 7.28. The number of hydrogen-bond acceptors (Lipinski definition) is 5. The number of carbonyl (C=O) groups is 1. The Bertz CT molecular complexity index is 550. The molecule has 0 spiro atoms. The lowest BCUT2D eigenvalue weighted by atomic mass is 9.96. The van der Waals surface area contributed by atoms with Crippen molar-refractivity contribution in [2.75, 3.05) is 45.2 Å². The highest BCUT2D eigenvalue weighted by atomic mass is 16.2. The quantitative estimate of drug-likeness (QED) is 0.837. The van der Waals surface area contributed by atoms with Crippen LogP contribution in [0.25, 0.3) is 0 Å². The van der Waals surface area contributed by atoms with Crippen molar-refractivity contribution in [1.29, 1.82) is 0 Å². The van der Waals surface area contributed by atoms with Crippen molar-refractivity contribution in [1.82, 2.24) is 19.8 Å². The van der Waals surface area contributed by atoms with E-state index in [4.69, 9.17) is 0 Å². The predicted molar refractivity (Wildman–Crippen MR) is 94.8 cm³/mol. The maximum atomic E-state index is 13.0. The van der Waals surface area contributed by atoms with E-state index in [0.29, 0.717) is 17.9 Å². The molecular formula is C18H29N5O. The van der Waals surface area contributed by atoms with Crippen molar-refractivity contribution in [2.24, 2.45) is 11.8 Å². The van der Waals surface area contributed by atoms with E-state index >= 15 is 0 Å². The van der Waals surface area contributed by atoms with Gasteiger partial charge in [0, 0.05) is 44.6 Å². The fourth-order valence-electron chi connectivity index (χ4n) is 4.09. The zero-order valence-electron chi connectivity index (χ0n) is 15.1. The number of likely N-dealkylation sites (N-methyl/N-ethyl adjacent to an activating group) is 1. The summed E-state index contributed by atoms with van der Waals surface area (Å²) in [6.07, 6.45) is 6.66. The first-order chi connectivity index (χ1) is 11.6. The Morgan fingerprint density at radius 3 is 2.62 bits per heavy atom. The van der Waals surface area contributed by atoms with Crippen LogP contribution in [0.5, 0.6) is 0 Å². The summed E-state index contributed by atoms with van der Waals surface area (Å²) >= 11 is 0. The molecule has 2 aliphatic rings. The number of rotatable bonds is 4. The Hall–Kier alpha value is -1.69. The molecule has 0 bridgehead atoms. The molecule has 3 heterocycles. The molecule has 24 heavy (non-hydrogen) atoms. The predicted octanol–water partition coefficient (Wildman–Crippen LogP) is 1.49. The highest BCUT2D eigenvalue weighted by Gasteiger charge is 2.38. The fraction of sp³-hybridized carbons (Fsp3) is 0.722. The van der Waals surface area contributed by atoms with Gasteiger partial charge < -0.3 is 14.7 Å². The average molecular weight is 331 g/mol. The number of amides is 1. The minimum atomic E-state index is 0.0703. The summed E-state index contributed by atoms with van der Waals surface area (Å²) in [6, 6.07) is 2.31. The van der Waals surface area contributed by atoms with Crippen molar-refractivity contribution >= 4 is 11.9 Å². The molecule has 6 nitrogen and oxygen atoms in total. The number of nitrogens with zero attached hydrogens (tertiary/aromatic N) is 5. The smallest absolute Gasteiger partial charge is 0.227 e. The molecule has 3 atom stereocenters. The first-order valence-electron chi connectivity index (χ1n) is 9.07. The molecule has 2 aliphatic heterocycles. The van der Waals surface area contributed by atoms with E-state index in [1.165, 1.54) is 0 Å². The van der Waals surface area contributed by atoms with E-state index in [0.717, 1.165) is 51.4 Å². The molecule has 0 N–H and O–H groups in total. The summed E-state index contributed by atoms with van der Waals surface area (Å²) in [4.78, 5) is 28.2. The lowest BCUT2D eigenvalue weighted by Crippen LogP contribution is -2.45. The van der Waals surface area contributed by atoms with E-state index in [2.05, 4.69) is 45.7 Å². The molecule has 1 amide bonds. The number of aromatic nitrogens is 2. The molecule has 2 saturated heterocycles. The van der Waals surface area contributed by atoms with Gasteiger partial charge in [-0.25, -0.2) is 9.97 Å². The monoisotopic (exact) mass is 331 g/mol. The van der Waals surface area contributed by atoms with Gasteiger partial charge >= 0.3 is 0 Å². The summed E-state index contributed by atoms with van der Waals surface area (Å²) in [5, 5.41) is 0. The summed E-state index contributed by atoms with van der Waals surface area (Å²) in [5.41, 5.74) is 0. The van der Waals surface area contributed by atoms with Gasteiger partial charge in [0.05, 0.1) is 5.92 Å². The molecule has 1 aromatic rings. The van der Waals surface area contributed by atoms with Crippen LogP contribution in [0.1, 0.15) is 26.2 Å². The van der Waals surface area contributed by atoms with Crippen LogP contribution >= 0.6 is 0 Å². The Morgan fingerprint density at radius 2 is 2.00 bits per heavy atom. The Kier molecular flexibility index (Phi) is 5.33. The van der Waals surface area contributed by atoms with E-state index in [1.54, 1.807) is 12.4 Å². The van der Waals surface area contributed by atoms with Crippen molar-refractivity contribution in [3.05, 3.63) is 18.5 Å². The fourth-order valence-corrected chi connectivity index (χ4v) is 4.09. The third-order valence-electron chi connectivity index (χ3n) is 5.51. The number of likely N-dealkylation sites (tertiary alicyclic amines) is 1. The average Bonchev–Trinajstić information content (AvgIpc) is 3.06. The lowest BCUT2D eigenvalue weighted by molar-refractivity contribution is -0.135. The molecule has 132 valence electrons. The summed E-state index contributed by atoms with van der Waals surface area (Å²) < 4.78 is 0. The van der Waals surface area contributed by atoms with Crippen LogP contribution in [0.2, 0.25) is 0 Å². The van der Waals surface area contributed by atoms with E-state index in [-0.39, 0.29) is 5.92 Å². The van der Waals surface area contributed by atoms with Gasteiger partial charge in [0.25, 0.3) is 0 Å². The molecule has 0 radical (unpaired) electrons. The number of carbonyl (C=O) groups excluding carboxylic acids is 1. The highest BCUT2D eigenvalue weighted by molar-refractivity contribution is 5.80. The molecule has 3 rings (SSSR count). The van der Waals surface area contributed by atoms with Gasteiger partial charge in [0.2, 0.25) is 11.9 Å². The minimum Gasteiger partial charge on any atom is -0.340 e. The van der Waals surface area contributed by atoms with Gasteiger partial charge in [-0.15, -0.1) is 0 Å². The van der Waals surface area contributed by atoms with Crippen LogP contribution in [-0.2, 0) is 4.79 Å². The standard InChI is InChI=1S/C18H29N5O/c1-4-14-11-23(13-16(14)21(2)3)17(24)15-7-5-10-22(12-15)18-19-8-6-9-20-18/h6,8-9,14-16H,4-5,7,10-13H2,1-3H3/t14-,15-,16+/m1/s1. The zero-order chi connectivity index (χ0) is 17.1. The van der Waals surface area contributed by atoms with Crippen LogP contribution in [0, 0.1) is 11.8 Å². The van der Waals surface area contributed by atoms with Gasteiger partial charge in [0.1, 0.15) is 0 Å². The maximum absolute atomic E-state index is 13.0. The summed E-state index contributed by atoms with van der Waals surface area (Å²) in [7, 11) is 4.24. The van der Waals surface area contributed by atoms with Crippen LogP contribution in [0.15, 0.2) is 18.5 Å². The zero-order valence-corrected chi connectivity index (χ0v) is 15.1. The number of piperidine rings is 1. The van der Waals surface area contributed by atoms with E-state index in [9.17, 15) is 4.79 Å². The van der Waals surface area contributed by atoms with Crippen molar-refractivity contribution in [3.63, 3.8) is 0 Å². The number of hydrogen-bond donors (Lipinski definition) is 0. The maximum Gasteiger partial charge on any atom is 0.227 e. The van der Waals surface area contributed by atoms with Crippen molar-refractivity contribution < 1.29 is 4.79 Å². The van der Waals surface area contributed by atoms with Crippen LogP contribution < -0.4 is 4.90 Å². The normalized spacial score (nSPS) is 27.8. The number of anilines is 1. The first-order valence-corrected chi connectivity index (χ1v) is 9.07. The van der Waals surface area contributed by atoms with Crippen molar-refractivity contribution in [2.45, 2.75) is 32.2 Å². The second kappa shape index (κ2) is 7.47. The molecular weight excluding hydrogens is 302 g/mol. The lowest BCUT2D eigenvalue weighted by Gasteiger charge is -2.34. The highest BCUT2D eigenvalue weighted by Crippen LogP contribution is 2.28.